The van der Waals surface area contributed by atoms with Crippen LogP contribution in [0.3, 0.4) is 0 Å². The number of morpholine rings is 1. The van der Waals surface area contributed by atoms with Gasteiger partial charge in [0.2, 0.25) is 0 Å². The maximum absolute atomic E-state index is 5.87. The van der Waals surface area contributed by atoms with Gasteiger partial charge in [-0.25, -0.2) is 9.97 Å². The summed E-state index contributed by atoms with van der Waals surface area (Å²) in [6.45, 7) is 3.22. The van der Waals surface area contributed by atoms with Gasteiger partial charge in [0.1, 0.15) is 17.6 Å². The zero-order valence-corrected chi connectivity index (χ0v) is 12.4. The smallest absolute Gasteiger partial charge is 0.150 e. The number of rotatable bonds is 4. The number of imidazole rings is 1. The molecule has 0 saturated carbocycles. The zero-order valence-electron chi connectivity index (χ0n) is 12.4. The number of anilines is 1. The van der Waals surface area contributed by atoms with Crippen LogP contribution in [0.2, 0.25) is 0 Å². The first-order valence-electron chi connectivity index (χ1n) is 7.05. The highest BCUT2D eigenvalue weighted by Gasteiger charge is 2.25. The molecular formula is C14H20N6O. The molecule has 7 heteroatoms. The van der Waals surface area contributed by atoms with Gasteiger partial charge in [-0.1, -0.05) is 0 Å². The minimum absolute atomic E-state index is 0.0568. The molecule has 1 saturated heterocycles. The number of ether oxygens (including phenoxy) is 1. The minimum atomic E-state index is -0.0568. The Morgan fingerprint density at radius 2 is 2.19 bits per heavy atom. The molecule has 1 aliphatic heterocycles. The normalized spacial score (nSPS) is 19.6. The molecule has 3 rings (SSSR count). The average molecular weight is 288 g/mol. The van der Waals surface area contributed by atoms with Crippen LogP contribution in [0, 0.1) is 0 Å². The first kappa shape index (κ1) is 14.0. The van der Waals surface area contributed by atoms with Crippen molar-refractivity contribution >= 4 is 5.82 Å². The SMILES string of the molecule is CNc1nccnc1[C@@H]1CN(Cc2cn(C)cn2)CCO1. The predicted molar refractivity (Wildman–Crippen MR) is 78.8 cm³/mol. The van der Waals surface area contributed by atoms with Crippen LogP contribution in [0.5, 0.6) is 0 Å². The Hall–Kier alpha value is -1.99. The molecule has 3 heterocycles. The van der Waals surface area contributed by atoms with E-state index in [1.165, 1.54) is 0 Å². The highest BCUT2D eigenvalue weighted by atomic mass is 16.5. The molecule has 1 fully saturated rings. The lowest BCUT2D eigenvalue weighted by Crippen LogP contribution is -2.38. The summed E-state index contributed by atoms with van der Waals surface area (Å²) >= 11 is 0. The lowest BCUT2D eigenvalue weighted by atomic mass is 10.2. The van der Waals surface area contributed by atoms with E-state index in [2.05, 4.69) is 25.2 Å². The third-order valence-electron chi connectivity index (χ3n) is 3.56. The molecule has 0 spiro atoms. The van der Waals surface area contributed by atoms with Crippen LogP contribution < -0.4 is 5.32 Å². The summed E-state index contributed by atoms with van der Waals surface area (Å²) in [5.74, 6) is 0.780. The van der Waals surface area contributed by atoms with Crippen molar-refractivity contribution in [2.45, 2.75) is 12.6 Å². The van der Waals surface area contributed by atoms with E-state index in [9.17, 15) is 0 Å². The van der Waals surface area contributed by atoms with Crippen molar-refractivity contribution in [3.63, 3.8) is 0 Å². The summed E-state index contributed by atoms with van der Waals surface area (Å²) in [6, 6.07) is 0. The van der Waals surface area contributed by atoms with E-state index in [0.29, 0.717) is 6.61 Å². The average Bonchev–Trinajstić information content (AvgIpc) is 2.92. The molecular weight excluding hydrogens is 268 g/mol. The van der Waals surface area contributed by atoms with Gasteiger partial charge in [-0.15, -0.1) is 0 Å². The van der Waals surface area contributed by atoms with Crippen molar-refractivity contribution in [3.05, 3.63) is 36.3 Å². The van der Waals surface area contributed by atoms with Gasteiger partial charge in [-0.3, -0.25) is 9.88 Å². The summed E-state index contributed by atoms with van der Waals surface area (Å²) in [5.41, 5.74) is 1.94. The third-order valence-corrected chi connectivity index (χ3v) is 3.56. The van der Waals surface area contributed by atoms with Crippen LogP contribution in [0.1, 0.15) is 17.5 Å². The summed E-state index contributed by atoms with van der Waals surface area (Å²) in [6.07, 6.45) is 7.21. The summed E-state index contributed by atoms with van der Waals surface area (Å²) < 4.78 is 7.84. The van der Waals surface area contributed by atoms with E-state index in [4.69, 9.17) is 4.74 Å². The molecule has 0 aromatic carbocycles. The lowest BCUT2D eigenvalue weighted by molar-refractivity contribution is -0.0350. The second kappa shape index (κ2) is 6.19. The molecule has 0 amide bonds. The van der Waals surface area contributed by atoms with Crippen molar-refractivity contribution in [2.24, 2.45) is 7.05 Å². The molecule has 21 heavy (non-hydrogen) atoms. The van der Waals surface area contributed by atoms with Gasteiger partial charge in [0, 0.05) is 52.3 Å². The third kappa shape index (κ3) is 3.20. The van der Waals surface area contributed by atoms with E-state index in [1.807, 2.05) is 31.2 Å². The molecule has 0 unspecified atom stereocenters. The molecule has 2 aromatic rings. The van der Waals surface area contributed by atoms with Crippen LogP contribution >= 0.6 is 0 Å². The Balaban J connectivity index is 1.70. The first-order valence-corrected chi connectivity index (χ1v) is 7.05. The molecule has 1 aliphatic rings. The van der Waals surface area contributed by atoms with E-state index in [1.54, 1.807) is 12.4 Å². The fourth-order valence-corrected chi connectivity index (χ4v) is 2.57. The van der Waals surface area contributed by atoms with Crippen molar-refractivity contribution in [1.82, 2.24) is 24.4 Å². The number of nitrogens with zero attached hydrogens (tertiary/aromatic N) is 5. The monoisotopic (exact) mass is 288 g/mol. The van der Waals surface area contributed by atoms with Gasteiger partial charge in [0.15, 0.2) is 0 Å². The summed E-state index contributed by atoms with van der Waals surface area (Å²) in [5, 5.41) is 3.07. The van der Waals surface area contributed by atoms with E-state index >= 15 is 0 Å². The Morgan fingerprint density at radius 3 is 2.95 bits per heavy atom. The fraction of sp³-hybridized carbons (Fsp3) is 0.500. The van der Waals surface area contributed by atoms with Gasteiger partial charge in [0.25, 0.3) is 0 Å². The standard InChI is InChI=1S/C14H20N6O/c1-15-14-13(16-3-4-17-14)12-9-20(5-6-21-12)8-11-7-19(2)10-18-11/h3-4,7,10,12H,5-6,8-9H2,1-2H3,(H,15,17)/t12-/m0/s1. The second-order valence-corrected chi connectivity index (χ2v) is 5.17. The zero-order chi connectivity index (χ0) is 14.7. The van der Waals surface area contributed by atoms with Gasteiger partial charge < -0.3 is 14.6 Å². The van der Waals surface area contributed by atoms with Crippen molar-refractivity contribution in [3.8, 4) is 0 Å². The second-order valence-electron chi connectivity index (χ2n) is 5.17. The number of aromatic nitrogens is 4. The van der Waals surface area contributed by atoms with Crippen LogP contribution in [0.15, 0.2) is 24.9 Å². The molecule has 1 N–H and O–H groups in total. The first-order chi connectivity index (χ1) is 10.3. The maximum Gasteiger partial charge on any atom is 0.150 e. The topological polar surface area (TPSA) is 68.1 Å². The molecule has 0 aliphatic carbocycles. The molecule has 1 atom stereocenters. The fourth-order valence-electron chi connectivity index (χ4n) is 2.57. The van der Waals surface area contributed by atoms with E-state index in [0.717, 1.165) is 36.8 Å². The van der Waals surface area contributed by atoms with Gasteiger partial charge in [-0.05, 0) is 0 Å². The van der Waals surface area contributed by atoms with E-state index in [-0.39, 0.29) is 6.10 Å². The Morgan fingerprint density at radius 1 is 1.33 bits per heavy atom. The molecule has 0 bridgehead atoms. The minimum Gasteiger partial charge on any atom is -0.372 e. The van der Waals surface area contributed by atoms with Crippen molar-refractivity contribution in [1.29, 1.82) is 0 Å². The Labute approximate surface area is 124 Å². The van der Waals surface area contributed by atoms with Crippen LogP contribution in [0.4, 0.5) is 5.82 Å². The lowest BCUT2D eigenvalue weighted by Gasteiger charge is -2.32. The molecule has 7 nitrogen and oxygen atoms in total. The van der Waals surface area contributed by atoms with E-state index < -0.39 is 0 Å². The summed E-state index contributed by atoms with van der Waals surface area (Å²) in [4.78, 5) is 15.4. The Bertz CT molecular complexity index is 599. The molecule has 0 radical (unpaired) electrons. The number of hydrogen-bond donors (Lipinski definition) is 1. The summed E-state index contributed by atoms with van der Waals surface area (Å²) in [7, 11) is 3.83. The van der Waals surface area contributed by atoms with Crippen LogP contribution in [-0.2, 0) is 18.3 Å². The van der Waals surface area contributed by atoms with Crippen molar-refractivity contribution in [2.75, 3.05) is 32.1 Å². The maximum atomic E-state index is 5.87. The molecule has 2 aromatic heterocycles. The highest BCUT2D eigenvalue weighted by molar-refractivity contribution is 5.40. The van der Waals surface area contributed by atoms with Gasteiger partial charge in [0.05, 0.1) is 18.6 Å². The number of aryl methyl sites for hydroxylation is 1. The Kier molecular flexibility index (Phi) is 4.12. The predicted octanol–water partition coefficient (Wildman–Crippen LogP) is 0.825. The van der Waals surface area contributed by atoms with Crippen molar-refractivity contribution < 1.29 is 4.74 Å². The van der Waals surface area contributed by atoms with Gasteiger partial charge in [-0.2, -0.15) is 0 Å². The molecule has 112 valence electrons. The highest BCUT2D eigenvalue weighted by Crippen LogP contribution is 2.25. The van der Waals surface area contributed by atoms with Crippen LogP contribution in [-0.4, -0.2) is 51.2 Å². The number of nitrogens with one attached hydrogen (secondary N) is 1. The largest absolute Gasteiger partial charge is 0.372 e. The van der Waals surface area contributed by atoms with Gasteiger partial charge >= 0.3 is 0 Å². The number of hydrogen-bond acceptors (Lipinski definition) is 6. The van der Waals surface area contributed by atoms with Crippen LogP contribution in [0.25, 0.3) is 0 Å². The quantitative estimate of drug-likeness (QED) is 0.898.